The van der Waals surface area contributed by atoms with Gasteiger partial charge in [-0.15, -0.1) is 0 Å². The second-order valence-electron chi connectivity index (χ2n) is 6.75. The minimum atomic E-state index is 0.166. The van der Waals surface area contributed by atoms with Crippen LogP contribution in [0.25, 0.3) is 0 Å². The van der Waals surface area contributed by atoms with Crippen LogP contribution in [-0.2, 0) is 4.79 Å². The van der Waals surface area contributed by atoms with Gasteiger partial charge in [-0.1, -0.05) is 26.7 Å². The molecule has 0 spiro atoms. The molecule has 116 valence electrons. The molecule has 4 unspecified atom stereocenters. The van der Waals surface area contributed by atoms with E-state index < -0.39 is 0 Å². The number of nitrogens with one attached hydrogen (secondary N) is 1. The molecule has 3 N–H and O–H groups in total. The Morgan fingerprint density at radius 3 is 2.80 bits per heavy atom. The monoisotopic (exact) mass is 281 g/mol. The molecule has 20 heavy (non-hydrogen) atoms. The third-order valence-corrected chi connectivity index (χ3v) is 5.40. The molecule has 1 saturated heterocycles. The summed E-state index contributed by atoms with van der Waals surface area (Å²) in [7, 11) is 0. The number of amides is 1. The molecule has 4 heteroatoms. The molecule has 1 heterocycles. The number of hydrogen-bond donors (Lipinski definition) is 2. The van der Waals surface area contributed by atoms with E-state index in [1.165, 1.54) is 25.8 Å². The molecule has 2 fully saturated rings. The third-order valence-electron chi connectivity index (χ3n) is 5.40. The van der Waals surface area contributed by atoms with Crippen molar-refractivity contribution in [1.29, 1.82) is 0 Å². The van der Waals surface area contributed by atoms with Crippen molar-refractivity contribution < 1.29 is 4.79 Å². The van der Waals surface area contributed by atoms with E-state index in [0.29, 0.717) is 19.1 Å². The van der Waals surface area contributed by atoms with Crippen molar-refractivity contribution in [3.63, 3.8) is 0 Å². The molecule has 4 nitrogen and oxygen atoms in total. The molecule has 1 saturated carbocycles. The van der Waals surface area contributed by atoms with Crippen molar-refractivity contribution in [3.8, 4) is 0 Å². The third kappa shape index (κ3) is 3.73. The Hall–Kier alpha value is -0.610. The molecule has 0 bridgehead atoms. The number of carbonyl (C=O) groups excluding carboxylic acids is 1. The first-order valence-electron chi connectivity index (χ1n) is 8.35. The molecule has 2 rings (SSSR count). The molecule has 2 aliphatic rings. The van der Waals surface area contributed by atoms with Crippen LogP contribution in [0.4, 0.5) is 0 Å². The summed E-state index contributed by atoms with van der Waals surface area (Å²) in [4.78, 5) is 14.7. The van der Waals surface area contributed by atoms with E-state index in [2.05, 4.69) is 24.1 Å². The standard InChI is InChI=1S/C16H31N3O/c1-12-5-3-7-15(13(12)2)19-10-4-6-14(11-19)16(20)18-9-8-17/h12-15H,3-11,17H2,1-2H3,(H,18,20). The van der Waals surface area contributed by atoms with E-state index in [1.54, 1.807) is 0 Å². The molecule has 0 aromatic carbocycles. The van der Waals surface area contributed by atoms with Gasteiger partial charge >= 0.3 is 0 Å². The van der Waals surface area contributed by atoms with Crippen molar-refractivity contribution in [2.45, 2.75) is 52.0 Å². The highest BCUT2D eigenvalue weighted by Crippen LogP contribution is 2.34. The lowest BCUT2D eigenvalue weighted by Crippen LogP contribution is -2.51. The van der Waals surface area contributed by atoms with E-state index in [0.717, 1.165) is 31.2 Å². The Labute approximate surface area is 123 Å². The number of likely N-dealkylation sites (tertiary alicyclic amines) is 1. The van der Waals surface area contributed by atoms with Gasteiger partial charge in [0.2, 0.25) is 5.91 Å². The van der Waals surface area contributed by atoms with Gasteiger partial charge in [-0.2, -0.15) is 0 Å². The van der Waals surface area contributed by atoms with Gasteiger partial charge in [0.15, 0.2) is 0 Å². The highest BCUT2D eigenvalue weighted by atomic mass is 16.1. The number of piperidine rings is 1. The van der Waals surface area contributed by atoms with Crippen LogP contribution in [0.2, 0.25) is 0 Å². The lowest BCUT2D eigenvalue weighted by atomic mass is 9.76. The molecule has 1 amide bonds. The predicted molar refractivity (Wildman–Crippen MR) is 82.3 cm³/mol. The quantitative estimate of drug-likeness (QED) is 0.823. The second kappa shape index (κ2) is 7.41. The van der Waals surface area contributed by atoms with Crippen molar-refractivity contribution in [2.24, 2.45) is 23.5 Å². The predicted octanol–water partition coefficient (Wildman–Crippen LogP) is 1.60. The van der Waals surface area contributed by atoms with Crippen LogP contribution in [0.15, 0.2) is 0 Å². The van der Waals surface area contributed by atoms with Crippen LogP contribution < -0.4 is 11.1 Å². The van der Waals surface area contributed by atoms with E-state index in [-0.39, 0.29) is 11.8 Å². The lowest BCUT2D eigenvalue weighted by molar-refractivity contribution is -0.127. The van der Waals surface area contributed by atoms with Gasteiger partial charge < -0.3 is 11.1 Å². The van der Waals surface area contributed by atoms with Gasteiger partial charge in [0, 0.05) is 25.7 Å². The molecular formula is C16H31N3O. The Morgan fingerprint density at radius 2 is 2.05 bits per heavy atom. The average Bonchev–Trinajstić information content (AvgIpc) is 2.47. The van der Waals surface area contributed by atoms with Crippen molar-refractivity contribution in [3.05, 3.63) is 0 Å². The molecular weight excluding hydrogens is 250 g/mol. The van der Waals surface area contributed by atoms with Crippen molar-refractivity contribution in [2.75, 3.05) is 26.2 Å². The summed E-state index contributed by atoms with van der Waals surface area (Å²) in [5.41, 5.74) is 5.46. The number of nitrogens with two attached hydrogens (primary N) is 1. The zero-order valence-electron chi connectivity index (χ0n) is 13.1. The minimum Gasteiger partial charge on any atom is -0.355 e. The maximum absolute atomic E-state index is 12.1. The van der Waals surface area contributed by atoms with Crippen LogP contribution >= 0.6 is 0 Å². The lowest BCUT2D eigenvalue weighted by Gasteiger charge is -2.44. The fourth-order valence-corrected chi connectivity index (χ4v) is 3.93. The molecule has 0 aromatic heterocycles. The summed E-state index contributed by atoms with van der Waals surface area (Å²) in [6, 6.07) is 0.684. The summed E-state index contributed by atoms with van der Waals surface area (Å²) in [6.07, 6.45) is 6.20. The topological polar surface area (TPSA) is 58.4 Å². The normalized spacial score (nSPS) is 35.8. The first-order valence-corrected chi connectivity index (χ1v) is 8.35. The van der Waals surface area contributed by atoms with Crippen LogP contribution in [0.3, 0.4) is 0 Å². The SMILES string of the molecule is CC1CCCC(N2CCCC(C(=O)NCCN)C2)C1C. The molecule has 4 atom stereocenters. The van der Waals surface area contributed by atoms with Gasteiger partial charge in [-0.05, 0) is 37.6 Å². The van der Waals surface area contributed by atoms with Gasteiger partial charge in [0.1, 0.15) is 0 Å². The van der Waals surface area contributed by atoms with E-state index in [1.807, 2.05) is 0 Å². The Kier molecular flexibility index (Phi) is 5.85. The fourth-order valence-electron chi connectivity index (χ4n) is 3.93. The van der Waals surface area contributed by atoms with Crippen LogP contribution in [0, 0.1) is 17.8 Å². The largest absolute Gasteiger partial charge is 0.355 e. The Morgan fingerprint density at radius 1 is 1.25 bits per heavy atom. The number of rotatable bonds is 4. The Balaban J connectivity index is 1.91. The zero-order chi connectivity index (χ0) is 14.5. The first kappa shape index (κ1) is 15.8. The van der Waals surface area contributed by atoms with Gasteiger partial charge in [0.05, 0.1) is 5.92 Å². The highest BCUT2D eigenvalue weighted by Gasteiger charge is 2.35. The first-order chi connectivity index (χ1) is 9.63. The minimum absolute atomic E-state index is 0.166. The van der Waals surface area contributed by atoms with Gasteiger partial charge in [-0.25, -0.2) is 0 Å². The Bertz CT molecular complexity index is 321. The molecule has 0 aromatic rings. The van der Waals surface area contributed by atoms with E-state index in [9.17, 15) is 4.79 Å². The summed E-state index contributed by atoms with van der Waals surface area (Å²) >= 11 is 0. The van der Waals surface area contributed by atoms with Gasteiger partial charge in [-0.3, -0.25) is 9.69 Å². The molecule has 1 aliphatic heterocycles. The molecule has 1 aliphatic carbocycles. The highest BCUT2D eigenvalue weighted by molar-refractivity contribution is 5.78. The van der Waals surface area contributed by atoms with E-state index >= 15 is 0 Å². The van der Waals surface area contributed by atoms with Crippen molar-refractivity contribution >= 4 is 5.91 Å². The second-order valence-corrected chi connectivity index (χ2v) is 6.75. The summed E-state index contributed by atoms with van der Waals surface area (Å²) in [5, 5.41) is 2.95. The number of nitrogens with zero attached hydrogens (tertiary/aromatic N) is 1. The van der Waals surface area contributed by atoms with Crippen LogP contribution in [0.5, 0.6) is 0 Å². The zero-order valence-corrected chi connectivity index (χ0v) is 13.1. The van der Waals surface area contributed by atoms with Crippen LogP contribution in [0.1, 0.15) is 46.0 Å². The average molecular weight is 281 g/mol. The summed E-state index contributed by atoms with van der Waals surface area (Å²) < 4.78 is 0. The summed E-state index contributed by atoms with van der Waals surface area (Å²) in [5.74, 6) is 1.95. The maximum Gasteiger partial charge on any atom is 0.224 e. The maximum atomic E-state index is 12.1. The number of hydrogen-bond acceptors (Lipinski definition) is 3. The van der Waals surface area contributed by atoms with Gasteiger partial charge in [0.25, 0.3) is 0 Å². The van der Waals surface area contributed by atoms with Crippen LogP contribution in [-0.4, -0.2) is 43.0 Å². The van der Waals surface area contributed by atoms with E-state index in [4.69, 9.17) is 5.73 Å². The summed E-state index contributed by atoms with van der Waals surface area (Å²) in [6.45, 7) is 8.02. The number of carbonyl (C=O) groups is 1. The molecule has 0 radical (unpaired) electrons. The smallest absolute Gasteiger partial charge is 0.224 e. The van der Waals surface area contributed by atoms with Crippen molar-refractivity contribution in [1.82, 2.24) is 10.2 Å². The fraction of sp³-hybridized carbons (Fsp3) is 0.938.